The Morgan fingerprint density at radius 3 is 2.52 bits per heavy atom. The SMILES string of the molecule is Cc1nc(SC(=Cc2ccc(OCc3ccc(F)cc3)cc2)C(=O)O)n[nH]1. The smallest absolute Gasteiger partial charge is 0.342 e. The number of carbonyl (C=O) groups is 1. The second-order valence-corrected chi connectivity index (χ2v) is 6.61. The number of thioether (sulfide) groups is 1. The van der Waals surface area contributed by atoms with E-state index in [-0.39, 0.29) is 10.7 Å². The Morgan fingerprint density at radius 1 is 1.22 bits per heavy atom. The van der Waals surface area contributed by atoms with Gasteiger partial charge in [0.05, 0.1) is 0 Å². The number of aliphatic carboxylic acids is 1. The van der Waals surface area contributed by atoms with E-state index in [9.17, 15) is 14.3 Å². The van der Waals surface area contributed by atoms with Crippen LogP contribution in [0.2, 0.25) is 0 Å². The van der Waals surface area contributed by atoms with E-state index >= 15 is 0 Å². The lowest BCUT2D eigenvalue weighted by atomic mass is 10.2. The minimum Gasteiger partial charge on any atom is -0.489 e. The summed E-state index contributed by atoms with van der Waals surface area (Å²) < 4.78 is 18.5. The zero-order valence-corrected chi connectivity index (χ0v) is 15.2. The number of aryl methyl sites for hydroxylation is 1. The van der Waals surface area contributed by atoms with Gasteiger partial charge in [-0.15, -0.1) is 5.10 Å². The normalized spacial score (nSPS) is 11.4. The van der Waals surface area contributed by atoms with Crippen molar-refractivity contribution in [3.05, 3.63) is 76.2 Å². The molecular formula is C19H16FN3O3S. The fourth-order valence-electron chi connectivity index (χ4n) is 2.16. The molecule has 2 N–H and O–H groups in total. The number of nitrogens with zero attached hydrogens (tertiary/aromatic N) is 2. The number of aromatic amines is 1. The molecule has 0 aliphatic rings. The summed E-state index contributed by atoms with van der Waals surface area (Å²) in [5.41, 5.74) is 1.56. The average Bonchev–Trinajstić information content (AvgIpc) is 3.06. The number of carboxylic acid groups (broad SMARTS) is 1. The van der Waals surface area contributed by atoms with Crippen LogP contribution in [0.4, 0.5) is 4.39 Å². The van der Waals surface area contributed by atoms with E-state index in [0.717, 1.165) is 17.3 Å². The molecule has 1 heterocycles. The molecule has 6 nitrogen and oxygen atoms in total. The minimum absolute atomic E-state index is 0.106. The largest absolute Gasteiger partial charge is 0.489 e. The van der Waals surface area contributed by atoms with E-state index in [1.54, 1.807) is 49.4 Å². The number of aromatic nitrogens is 3. The van der Waals surface area contributed by atoms with Crippen molar-refractivity contribution < 1.29 is 19.0 Å². The highest BCUT2D eigenvalue weighted by Crippen LogP contribution is 2.26. The van der Waals surface area contributed by atoms with Crippen molar-refractivity contribution in [2.75, 3.05) is 0 Å². The summed E-state index contributed by atoms with van der Waals surface area (Å²) in [5, 5.41) is 16.3. The standard InChI is InChI=1S/C19H16FN3O3S/c1-12-21-19(23-22-12)27-17(18(24)25)10-13-4-8-16(9-5-13)26-11-14-2-6-15(20)7-3-14/h2-10H,11H2,1H3,(H,24,25)(H,21,22,23). The van der Waals surface area contributed by atoms with Crippen LogP contribution in [-0.2, 0) is 11.4 Å². The Balaban J connectivity index is 1.66. The highest BCUT2D eigenvalue weighted by Gasteiger charge is 2.13. The average molecular weight is 385 g/mol. The second kappa shape index (κ2) is 8.50. The lowest BCUT2D eigenvalue weighted by Crippen LogP contribution is -1.97. The van der Waals surface area contributed by atoms with Crippen LogP contribution in [0.1, 0.15) is 17.0 Å². The van der Waals surface area contributed by atoms with Gasteiger partial charge in [0.25, 0.3) is 0 Å². The molecule has 138 valence electrons. The van der Waals surface area contributed by atoms with Crippen LogP contribution in [0.3, 0.4) is 0 Å². The molecule has 0 amide bonds. The van der Waals surface area contributed by atoms with Gasteiger partial charge in [0, 0.05) is 0 Å². The molecular weight excluding hydrogens is 369 g/mol. The molecule has 0 radical (unpaired) electrons. The third kappa shape index (κ3) is 5.42. The number of halogens is 1. The first kappa shape index (κ1) is 18.7. The van der Waals surface area contributed by atoms with Crippen molar-refractivity contribution in [1.29, 1.82) is 0 Å². The number of benzene rings is 2. The summed E-state index contributed by atoms with van der Waals surface area (Å²) in [6, 6.07) is 13.1. The number of rotatable bonds is 7. The second-order valence-electron chi connectivity index (χ2n) is 5.60. The topological polar surface area (TPSA) is 88.1 Å². The van der Waals surface area contributed by atoms with Crippen LogP contribution < -0.4 is 4.74 Å². The van der Waals surface area contributed by atoms with E-state index in [2.05, 4.69) is 15.2 Å². The number of carboxylic acids is 1. The number of H-pyrrole nitrogens is 1. The van der Waals surface area contributed by atoms with Gasteiger partial charge in [-0.3, -0.25) is 5.10 Å². The fourth-order valence-corrected chi connectivity index (χ4v) is 2.91. The zero-order valence-electron chi connectivity index (χ0n) is 14.3. The summed E-state index contributed by atoms with van der Waals surface area (Å²) in [4.78, 5) is 15.7. The van der Waals surface area contributed by atoms with Crippen molar-refractivity contribution >= 4 is 23.8 Å². The van der Waals surface area contributed by atoms with E-state index in [1.807, 2.05) is 0 Å². The molecule has 0 saturated heterocycles. The quantitative estimate of drug-likeness (QED) is 0.471. The molecule has 27 heavy (non-hydrogen) atoms. The highest BCUT2D eigenvalue weighted by atomic mass is 32.2. The predicted molar refractivity (Wildman–Crippen MR) is 99.8 cm³/mol. The van der Waals surface area contributed by atoms with Crippen molar-refractivity contribution in [3.63, 3.8) is 0 Å². The van der Waals surface area contributed by atoms with E-state index < -0.39 is 5.97 Å². The Bertz CT molecular complexity index is 953. The molecule has 0 unspecified atom stereocenters. The molecule has 8 heteroatoms. The Kier molecular flexibility index (Phi) is 5.87. The van der Waals surface area contributed by atoms with Gasteiger partial charge in [0.2, 0.25) is 5.16 Å². The van der Waals surface area contributed by atoms with Crippen molar-refractivity contribution in [2.45, 2.75) is 18.7 Å². The Hall–Kier alpha value is -3.13. The summed E-state index contributed by atoms with van der Waals surface area (Å²) in [6.45, 7) is 2.06. The van der Waals surface area contributed by atoms with Crippen molar-refractivity contribution in [1.82, 2.24) is 15.2 Å². The van der Waals surface area contributed by atoms with Crippen LogP contribution in [-0.4, -0.2) is 26.3 Å². The molecule has 0 saturated carbocycles. The van der Waals surface area contributed by atoms with Gasteiger partial charge < -0.3 is 9.84 Å². The predicted octanol–water partition coefficient (Wildman–Crippen LogP) is 4.05. The maximum absolute atomic E-state index is 12.9. The molecule has 3 aromatic rings. The molecule has 0 atom stereocenters. The van der Waals surface area contributed by atoms with Gasteiger partial charge in [-0.05, 0) is 60.2 Å². The minimum atomic E-state index is -1.06. The van der Waals surface area contributed by atoms with E-state index in [1.165, 1.54) is 12.1 Å². The van der Waals surface area contributed by atoms with Crippen molar-refractivity contribution in [2.24, 2.45) is 0 Å². The first-order valence-electron chi connectivity index (χ1n) is 7.99. The summed E-state index contributed by atoms with van der Waals surface area (Å²) in [7, 11) is 0. The highest BCUT2D eigenvalue weighted by molar-refractivity contribution is 8.04. The maximum Gasteiger partial charge on any atom is 0.342 e. The molecule has 2 aromatic carbocycles. The third-order valence-corrected chi connectivity index (χ3v) is 4.36. The van der Waals surface area contributed by atoms with Gasteiger partial charge in [-0.2, -0.15) is 0 Å². The van der Waals surface area contributed by atoms with Gasteiger partial charge >= 0.3 is 5.97 Å². The molecule has 0 fully saturated rings. The van der Waals surface area contributed by atoms with Crippen LogP contribution in [0.5, 0.6) is 5.75 Å². The van der Waals surface area contributed by atoms with Crippen LogP contribution >= 0.6 is 11.8 Å². The number of nitrogens with one attached hydrogen (secondary N) is 1. The molecule has 0 bridgehead atoms. The van der Waals surface area contributed by atoms with Crippen LogP contribution in [0.25, 0.3) is 6.08 Å². The van der Waals surface area contributed by atoms with Gasteiger partial charge in [0.1, 0.15) is 28.9 Å². The zero-order chi connectivity index (χ0) is 19.2. The lowest BCUT2D eigenvalue weighted by Gasteiger charge is -2.07. The molecule has 0 aliphatic heterocycles. The lowest BCUT2D eigenvalue weighted by molar-refractivity contribution is -0.131. The summed E-state index contributed by atoms with van der Waals surface area (Å²) in [5.74, 6) is -0.100. The number of hydrogen-bond donors (Lipinski definition) is 2. The van der Waals surface area contributed by atoms with Crippen molar-refractivity contribution in [3.8, 4) is 5.75 Å². The van der Waals surface area contributed by atoms with Crippen LogP contribution in [0.15, 0.2) is 58.6 Å². The van der Waals surface area contributed by atoms with E-state index in [4.69, 9.17) is 4.74 Å². The van der Waals surface area contributed by atoms with Gasteiger partial charge in [-0.25, -0.2) is 14.2 Å². The Morgan fingerprint density at radius 2 is 1.93 bits per heavy atom. The molecule has 3 rings (SSSR count). The maximum atomic E-state index is 12.9. The molecule has 0 spiro atoms. The monoisotopic (exact) mass is 385 g/mol. The number of ether oxygens (including phenoxy) is 1. The van der Waals surface area contributed by atoms with Gasteiger partial charge in [0.15, 0.2) is 0 Å². The van der Waals surface area contributed by atoms with E-state index in [0.29, 0.717) is 28.9 Å². The summed E-state index contributed by atoms with van der Waals surface area (Å²) in [6.07, 6.45) is 1.54. The first-order valence-corrected chi connectivity index (χ1v) is 8.80. The summed E-state index contributed by atoms with van der Waals surface area (Å²) >= 11 is 0.972. The van der Waals surface area contributed by atoms with Gasteiger partial charge in [-0.1, -0.05) is 24.3 Å². The third-order valence-electron chi connectivity index (χ3n) is 3.49. The number of hydrogen-bond acceptors (Lipinski definition) is 5. The molecule has 1 aromatic heterocycles. The van der Waals surface area contributed by atoms with Crippen LogP contribution in [0, 0.1) is 12.7 Å². The Labute approximate surface area is 159 Å². The fraction of sp³-hybridized carbons (Fsp3) is 0.105. The molecule has 0 aliphatic carbocycles. The first-order chi connectivity index (χ1) is 13.0.